The second-order valence-electron chi connectivity index (χ2n) is 4.46. The van der Waals surface area contributed by atoms with Crippen LogP contribution in [0.15, 0.2) is 35.8 Å². The van der Waals surface area contributed by atoms with Crippen LogP contribution in [-0.4, -0.2) is 42.0 Å². The monoisotopic (exact) mass is 273 g/mol. The summed E-state index contributed by atoms with van der Waals surface area (Å²) in [6, 6.07) is 7.71. The summed E-state index contributed by atoms with van der Waals surface area (Å²) in [6.45, 7) is 3.33. The lowest BCUT2D eigenvalue weighted by atomic mass is 10.1. The van der Waals surface area contributed by atoms with Crippen LogP contribution in [0.4, 0.5) is 0 Å². The van der Waals surface area contributed by atoms with Gasteiger partial charge in [-0.3, -0.25) is 4.79 Å². The van der Waals surface area contributed by atoms with E-state index in [-0.39, 0.29) is 5.91 Å². The Kier molecular flexibility index (Phi) is 3.57. The van der Waals surface area contributed by atoms with Gasteiger partial charge in [-0.1, -0.05) is 12.1 Å². The van der Waals surface area contributed by atoms with Gasteiger partial charge in [0.2, 0.25) is 0 Å². The summed E-state index contributed by atoms with van der Waals surface area (Å²) < 4.78 is 0. The number of thiazole rings is 1. The predicted octanol–water partition coefficient (Wildman–Crippen LogP) is 1.86. The van der Waals surface area contributed by atoms with E-state index in [1.54, 1.807) is 17.5 Å². The van der Waals surface area contributed by atoms with Gasteiger partial charge in [-0.05, 0) is 12.1 Å². The Hall–Kier alpha value is -1.72. The number of carbonyl (C=O) groups excluding carboxylic acids is 1. The molecule has 5 heteroatoms. The number of amides is 1. The van der Waals surface area contributed by atoms with Crippen LogP contribution in [0, 0.1) is 0 Å². The topological polar surface area (TPSA) is 45.2 Å². The lowest BCUT2D eigenvalue weighted by Gasteiger charge is -2.27. The minimum absolute atomic E-state index is 0.118. The number of nitrogens with one attached hydrogen (secondary N) is 1. The first kappa shape index (κ1) is 12.3. The highest BCUT2D eigenvalue weighted by atomic mass is 32.1. The molecular formula is C14H15N3OS. The molecule has 19 heavy (non-hydrogen) atoms. The molecule has 1 amide bonds. The molecule has 1 N–H and O–H groups in total. The molecule has 1 aliphatic rings. The molecule has 1 fully saturated rings. The fourth-order valence-corrected chi connectivity index (χ4v) is 2.82. The molecule has 0 atom stereocenters. The van der Waals surface area contributed by atoms with Crippen molar-refractivity contribution in [2.24, 2.45) is 0 Å². The molecule has 2 aromatic rings. The van der Waals surface area contributed by atoms with Gasteiger partial charge in [0.05, 0.1) is 0 Å². The molecule has 2 heterocycles. The van der Waals surface area contributed by atoms with Crippen LogP contribution in [0.3, 0.4) is 0 Å². The molecule has 4 nitrogen and oxygen atoms in total. The molecule has 0 radical (unpaired) electrons. The van der Waals surface area contributed by atoms with E-state index in [1.165, 1.54) is 0 Å². The highest BCUT2D eigenvalue weighted by Gasteiger charge is 2.17. The van der Waals surface area contributed by atoms with Crippen molar-refractivity contribution in [1.82, 2.24) is 15.2 Å². The SMILES string of the molecule is O=C(c1ccc(-c2nccs2)cc1)N1CCNCC1. The summed E-state index contributed by atoms with van der Waals surface area (Å²) in [5.74, 6) is 0.118. The average Bonchev–Trinajstić information content (AvgIpc) is 3.02. The lowest BCUT2D eigenvalue weighted by molar-refractivity contribution is 0.0736. The van der Waals surface area contributed by atoms with Crippen molar-refractivity contribution in [3.8, 4) is 10.6 Å². The van der Waals surface area contributed by atoms with E-state index in [4.69, 9.17) is 0 Å². The average molecular weight is 273 g/mol. The smallest absolute Gasteiger partial charge is 0.253 e. The van der Waals surface area contributed by atoms with Gasteiger partial charge in [0.15, 0.2) is 0 Å². The lowest BCUT2D eigenvalue weighted by Crippen LogP contribution is -2.46. The second-order valence-corrected chi connectivity index (χ2v) is 5.35. The van der Waals surface area contributed by atoms with Gasteiger partial charge in [-0.25, -0.2) is 4.98 Å². The van der Waals surface area contributed by atoms with Crippen LogP contribution in [0.25, 0.3) is 10.6 Å². The summed E-state index contributed by atoms with van der Waals surface area (Å²) in [4.78, 5) is 18.4. The van der Waals surface area contributed by atoms with E-state index in [9.17, 15) is 4.79 Å². The summed E-state index contributed by atoms with van der Waals surface area (Å²) in [5.41, 5.74) is 1.81. The summed E-state index contributed by atoms with van der Waals surface area (Å²) >= 11 is 1.60. The van der Waals surface area contributed by atoms with Gasteiger partial charge in [-0.15, -0.1) is 11.3 Å². The summed E-state index contributed by atoms with van der Waals surface area (Å²) in [7, 11) is 0. The predicted molar refractivity (Wildman–Crippen MR) is 76.3 cm³/mol. The number of rotatable bonds is 2. The zero-order chi connectivity index (χ0) is 13.1. The third-order valence-electron chi connectivity index (χ3n) is 3.22. The Morgan fingerprint density at radius 3 is 2.58 bits per heavy atom. The maximum Gasteiger partial charge on any atom is 0.253 e. The van der Waals surface area contributed by atoms with Crippen molar-refractivity contribution in [1.29, 1.82) is 0 Å². The molecule has 98 valence electrons. The minimum Gasteiger partial charge on any atom is -0.336 e. The number of nitrogens with zero attached hydrogens (tertiary/aromatic N) is 2. The van der Waals surface area contributed by atoms with Crippen molar-refractivity contribution in [2.75, 3.05) is 26.2 Å². The molecule has 0 bridgehead atoms. The number of benzene rings is 1. The maximum absolute atomic E-state index is 12.3. The fraction of sp³-hybridized carbons (Fsp3) is 0.286. The van der Waals surface area contributed by atoms with Crippen molar-refractivity contribution in [3.05, 3.63) is 41.4 Å². The van der Waals surface area contributed by atoms with Crippen LogP contribution < -0.4 is 5.32 Å². The number of hydrogen-bond donors (Lipinski definition) is 1. The number of hydrogen-bond acceptors (Lipinski definition) is 4. The minimum atomic E-state index is 0.118. The first-order chi connectivity index (χ1) is 9.34. The van der Waals surface area contributed by atoms with E-state index in [0.717, 1.165) is 42.3 Å². The van der Waals surface area contributed by atoms with Gasteiger partial charge in [0.1, 0.15) is 5.01 Å². The molecule has 3 rings (SSSR count). The Balaban J connectivity index is 1.76. The molecule has 0 saturated carbocycles. The number of piperazine rings is 1. The quantitative estimate of drug-likeness (QED) is 0.908. The molecule has 0 spiro atoms. The van der Waals surface area contributed by atoms with Crippen LogP contribution in [0.2, 0.25) is 0 Å². The molecular weight excluding hydrogens is 258 g/mol. The van der Waals surface area contributed by atoms with Gasteiger partial charge in [0, 0.05) is 48.9 Å². The Bertz CT molecular complexity index is 545. The highest BCUT2D eigenvalue weighted by Crippen LogP contribution is 2.22. The van der Waals surface area contributed by atoms with Gasteiger partial charge >= 0.3 is 0 Å². The van der Waals surface area contributed by atoms with Crippen LogP contribution in [0.1, 0.15) is 10.4 Å². The van der Waals surface area contributed by atoms with E-state index in [2.05, 4.69) is 10.3 Å². The summed E-state index contributed by atoms with van der Waals surface area (Å²) in [6.07, 6.45) is 1.79. The van der Waals surface area contributed by atoms with Crippen LogP contribution in [0.5, 0.6) is 0 Å². The van der Waals surface area contributed by atoms with Crippen molar-refractivity contribution in [2.45, 2.75) is 0 Å². The molecule has 1 aromatic carbocycles. The first-order valence-electron chi connectivity index (χ1n) is 6.34. The van der Waals surface area contributed by atoms with Crippen molar-refractivity contribution in [3.63, 3.8) is 0 Å². The first-order valence-corrected chi connectivity index (χ1v) is 7.22. The second kappa shape index (κ2) is 5.50. The largest absolute Gasteiger partial charge is 0.336 e. The molecule has 1 aromatic heterocycles. The third-order valence-corrected chi connectivity index (χ3v) is 4.04. The van der Waals surface area contributed by atoms with E-state index >= 15 is 0 Å². The van der Waals surface area contributed by atoms with Crippen LogP contribution >= 0.6 is 11.3 Å². The van der Waals surface area contributed by atoms with Crippen molar-refractivity contribution >= 4 is 17.2 Å². The number of aromatic nitrogens is 1. The highest BCUT2D eigenvalue weighted by molar-refractivity contribution is 7.13. The fourth-order valence-electron chi connectivity index (χ4n) is 2.17. The van der Waals surface area contributed by atoms with Crippen molar-refractivity contribution < 1.29 is 4.79 Å². The summed E-state index contributed by atoms with van der Waals surface area (Å²) in [5, 5.41) is 6.19. The van der Waals surface area contributed by atoms with Gasteiger partial charge in [0.25, 0.3) is 5.91 Å². The zero-order valence-corrected chi connectivity index (χ0v) is 11.3. The van der Waals surface area contributed by atoms with Crippen LogP contribution in [-0.2, 0) is 0 Å². The Labute approximate surface area is 116 Å². The van der Waals surface area contributed by atoms with Gasteiger partial charge < -0.3 is 10.2 Å². The Morgan fingerprint density at radius 2 is 1.95 bits per heavy atom. The molecule has 0 unspecified atom stereocenters. The normalized spacial score (nSPS) is 15.5. The van der Waals surface area contributed by atoms with Gasteiger partial charge in [-0.2, -0.15) is 0 Å². The molecule has 1 saturated heterocycles. The van der Waals surface area contributed by atoms with E-state index in [1.807, 2.05) is 34.5 Å². The molecule has 0 aliphatic carbocycles. The zero-order valence-electron chi connectivity index (χ0n) is 10.5. The Morgan fingerprint density at radius 1 is 1.21 bits per heavy atom. The standard InChI is InChI=1S/C14H15N3OS/c18-14(17-8-5-15-6-9-17)12-3-1-11(2-4-12)13-16-7-10-19-13/h1-4,7,10,15H,5-6,8-9H2. The van der Waals surface area contributed by atoms with E-state index in [0.29, 0.717) is 0 Å². The molecule has 1 aliphatic heterocycles. The number of carbonyl (C=O) groups is 1. The third kappa shape index (κ3) is 2.67. The van der Waals surface area contributed by atoms with E-state index < -0.39 is 0 Å². The maximum atomic E-state index is 12.3.